The highest BCUT2D eigenvalue weighted by atomic mass is 32.1. The summed E-state index contributed by atoms with van der Waals surface area (Å²) in [5, 5.41) is 6.70. The first-order valence-corrected chi connectivity index (χ1v) is 9.97. The molecule has 3 aromatic carbocycles. The molecule has 1 heterocycles. The van der Waals surface area contributed by atoms with Crippen molar-refractivity contribution in [3.05, 3.63) is 107 Å². The van der Waals surface area contributed by atoms with Gasteiger partial charge in [-0.05, 0) is 29.4 Å². The van der Waals surface area contributed by atoms with Gasteiger partial charge in [-0.25, -0.2) is 0 Å². The van der Waals surface area contributed by atoms with Gasteiger partial charge in [-0.15, -0.1) is 0 Å². The maximum atomic E-state index is 12.5. The molecule has 5 nitrogen and oxygen atoms in total. The quantitative estimate of drug-likeness (QED) is 0.536. The second-order valence-corrected chi connectivity index (χ2v) is 7.27. The molecule has 4 N–H and O–H groups in total. The highest BCUT2D eigenvalue weighted by molar-refractivity contribution is 7.80. The molecule has 30 heavy (non-hydrogen) atoms. The molecule has 0 aliphatic carbocycles. The number of nitrogens with two attached hydrogens (primary N) is 1. The normalized spacial score (nSPS) is 15.9. The number of primary amides is 1. The van der Waals surface area contributed by atoms with E-state index in [-0.39, 0.29) is 0 Å². The summed E-state index contributed by atoms with van der Waals surface area (Å²) in [5.74, 6) is 0.133. The lowest BCUT2D eigenvalue weighted by atomic mass is 9.92. The molecule has 4 rings (SSSR count). The van der Waals surface area contributed by atoms with E-state index in [1.54, 1.807) is 0 Å². The van der Waals surface area contributed by atoms with Gasteiger partial charge in [0.05, 0.1) is 17.3 Å². The number of carbonyl (C=O) groups is 1. The van der Waals surface area contributed by atoms with Crippen molar-refractivity contribution < 1.29 is 9.53 Å². The number of ether oxygens (including phenoxy) is 1. The topological polar surface area (TPSA) is 76.4 Å². The summed E-state index contributed by atoms with van der Waals surface area (Å²) in [6.45, 7) is 0.411. The van der Waals surface area contributed by atoms with Crippen LogP contribution in [-0.2, 0) is 11.4 Å². The predicted octanol–water partition coefficient (Wildman–Crippen LogP) is 3.68. The largest absolute Gasteiger partial charge is 0.489 e. The van der Waals surface area contributed by atoms with Crippen LogP contribution in [0.4, 0.5) is 0 Å². The number of carbonyl (C=O) groups excluding carboxylic acids is 1. The lowest BCUT2D eigenvalue weighted by Gasteiger charge is -2.31. The number of benzene rings is 3. The SMILES string of the molecule is NC(=O)C1=C(c2ccccc2)NC(=S)N[C@@H]1c1ccccc1OCc1ccccc1. The zero-order valence-corrected chi connectivity index (χ0v) is 17.0. The third-order valence-corrected chi connectivity index (χ3v) is 5.09. The van der Waals surface area contributed by atoms with Crippen molar-refractivity contribution in [3.63, 3.8) is 0 Å². The van der Waals surface area contributed by atoms with Crippen LogP contribution in [0.15, 0.2) is 90.5 Å². The summed E-state index contributed by atoms with van der Waals surface area (Å²) in [5.41, 5.74) is 9.52. The molecule has 0 aromatic heterocycles. The molecule has 1 aliphatic heterocycles. The minimum atomic E-state index is -0.529. The highest BCUT2D eigenvalue weighted by Gasteiger charge is 2.32. The molecule has 3 aromatic rings. The number of hydrogen-bond acceptors (Lipinski definition) is 3. The average molecular weight is 416 g/mol. The Labute approximate surface area is 180 Å². The Morgan fingerprint density at radius 3 is 2.27 bits per heavy atom. The van der Waals surface area contributed by atoms with E-state index in [0.29, 0.717) is 28.7 Å². The maximum Gasteiger partial charge on any atom is 0.249 e. The van der Waals surface area contributed by atoms with Crippen molar-refractivity contribution in [3.8, 4) is 5.75 Å². The van der Waals surface area contributed by atoms with Crippen LogP contribution in [0.3, 0.4) is 0 Å². The van der Waals surface area contributed by atoms with Gasteiger partial charge in [0.15, 0.2) is 5.11 Å². The summed E-state index contributed by atoms with van der Waals surface area (Å²) in [7, 11) is 0. The number of nitrogens with one attached hydrogen (secondary N) is 2. The van der Waals surface area contributed by atoms with Crippen molar-refractivity contribution in [2.75, 3.05) is 0 Å². The first-order chi connectivity index (χ1) is 14.6. The average Bonchev–Trinajstić information content (AvgIpc) is 2.78. The van der Waals surface area contributed by atoms with E-state index in [0.717, 1.165) is 16.7 Å². The molecule has 1 amide bonds. The van der Waals surface area contributed by atoms with E-state index < -0.39 is 11.9 Å². The van der Waals surface area contributed by atoms with E-state index >= 15 is 0 Å². The number of thiocarbonyl (C=S) groups is 1. The van der Waals surface area contributed by atoms with Gasteiger partial charge >= 0.3 is 0 Å². The Kier molecular flexibility index (Phi) is 5.77. The van der Waals surface area contributed by atoms with Crippen molar-refractivity contribution in [1.29, 1.82) is 0 Å². The van der Waals surface area contributed by atoms with Gasteiger partial charge in [0.1, 0.15) is 12.4 Å². The molecule has 6 heteroatoms. The number of rotatable bonds is 6. The van der Waals surface area contributed by atoms with Crippen LogP contribution in [0.2, 0.25) is 0 Å². The van der Waals surface area contributed by atoms with Crippen molar-refractivity contribution in [2.24, 2.45) is 5.73 Å². The van der Waals surface area contributed by atoms with Crippen LogP contribution < -0.4 is 21.1 Å². The fourth-order valence-electron chi connectivity index (χ4n) is 3.48. The minimum absolute atomic E-state index is 0.408. The molecule has 150 valence electrons. The summed E-state index contributed by atoms with van der Waals surface area (Å²) < 4.78 is 6.10. The van der Waals surface area contributed by atoms with Crippen LogP contribution in [0.1, 0.15) is 22.7 Å². The zero-order valence-electron chi connectivity index (χ0n) is 16.2. The zero-order chi connectivity index (χ0) is 20.9. The lowest BCUT2D eigenvalue weighted by molar-refractivity contribution is -0.114. The molecule has 0 radical (unpaired) electrons. The van der Waals surface area contributed by atoms with Gasteiger partial charge in [-0.2, -0.15) is 0 Å². The van der Waals surface area contributed by atoms with E-state index in [1.165, 1.54) is 0 Å². The summed E-state index contributed by atoms with van der Waals surface area (Å²) >= 11 is 5.43. The first-order valence-electron chi connectivity index (χ1n) is 9.56. The Morgan fingerprint density at radius 1 is 0.933 bits per heavy atom. The fourth-order valence-corrected chi connectivity index (χ4v) is 3.70. The van der Waals surface area contributed by atoms with Gasteiger partial charge in [-0.1, -0.05) is 78.9 Å². The number of hydrogen-bond donors (Lipinski definition) is 3. The van der Waals surface area contributed by atoms with Gasteiger partial charge in [-0.3, -0.25) is 4.79 Å². The van der Waals surface area contributed by atoms with Crippen LogP contribution in [0, 0.1) is 0 Å². The van der Waals surface area contributed by atoms with E-state index in [4.69, 9.17) is 22.7 Å². The van der Waals surface area contributed by atoms with E-state index in [9.17, 15) is 4.79 Å². The standard InChI is InChI=1S/C24H21N3O2S/c25-23(28)20-21(17-11-5-2-6-12-17)26-24(30)27-22(20)18-13-7-8-14-19(18)29-15-16-9-3-1-4-10-16/h1-14,22H,15H2,(H2,25,28)(H2,26,27,30)/t22-/m1/s1. The van der Waals surface area contributed by atoms with Crippen LogP contribution >= 0.6 is 12.2 Å². The van der Waals surface area contributed by atoms with Crippen molar-refractivity contribution >= 4 is 28.9 Å². The number of para-hydroxylation sites is 1. The smallest absolute Gasteiger partial charge is 0.249 e. The lowest BCUT2D eigenvalue weighted by Crippen LogP contribution is -2.46. The van der Waals surface area contributed by atoms with E-state index in [2.05, 4.69) is 10.6 Å². The van der Waals surface area contributed by atoms with Crippen molar-refractivity contribution in [1.82, 2.24) is 10.6 Å². The molecular weight excluding hydrogens is 394 g/mol. The first kappa shape index (κ1) is 19.7. The monoisotopic (exact) mass is 415 g/mol. The molecule has 0 bridgehead atoms. The third-order valence-electron chi connectivity index (χ3n) is 4.87. The third kappa shape index (κ3) is 4.18. The second kappa shape index (κ2) is 8.80. The summed E-state index contributed by atoms with van der Waals surface area (Å²) in [6.07, 6.45) is 0. The van der Waals surface area contributed by atoms with Gasteiger partial charge in [0, 0.05) is 5.56 Å². The fraction of sp³-hybridized carbons (Fsp3) is 0.0833. The highest BCUT2D eigenvalue weighted by Crippen LogP contribution is 2.35. The van der Waals surface area contributed by atoms with Gasteiger partial charge in [0.25, 0.3) is 0 Å². The minimum Gasteiger partial charge on any atom is -0.489 e. The second-order valence-electron chi connectivity index (χ2n) is 6.86. The van der Waals surface area contributed by atoms with Gasteiger partial charge in [0.2, 0.25) is 5.91 Å². The Balaban J connectivity index is 1.75. The molecule has 0 fully saturated rings. The summed E-state index contributed by atoms with van der Waals surface area (Å²) in [6, 6.07) is 26.5. The summed E-state index contributed by atoms with van der Waals surface area (Å²) in [4.78, 5) is 12.5. The van der Waals surface area contributed by atoms with Crippen LogP contribution in [0.5, 0.6) is 5.75 Å². The molecule has 0 saturated carbocycles. The Morgan fingerprint density at radius 2 is 1.57 bits per heavy atom. The predicted molar refractivity (Wildman–Crippen MR) is 121 cm³/mol. The Bertz CT molecular complexity index is 1100. The van der Waals surface area contributed by atoms with Crippen LogP contribution in [0.25, 0.3) is 5.70 Å². The molecule has 1 atom stereocenters. The molecule has 0 spiro atoms. The van der Waals surface area contributed by atoms with Gasteiger partial charge < -0.3 is 21.1 Å². The van der Waals surface area contributed by atoms with E-state index in [1.807, 2.05) is 84.9 Å². The molecule has 1 aliphatic rings. The number of amides is 1. The molecule has 0 saturated heterocycles. The Hall–Kier alpha value is -3.64. The maximum absolute atomic E-state index is 12.5. The van der Waals surface area contributed by atoms with Crippen molar-refractivity contribution in [2.45, 2.75) is 12.6 Å². The molecular formula is C24H21N3O2S. The van der Waals surface area contributed by atoms with Crippen LogP contribution in [-0.4, -0.2) is 11.0 Å². The molecule has 0 unspecified atom stereocenters.